The van der Waals surface area contributed by atoms with Crippen LogP contribution in [0.4, 0.5) is 34.1 Å². The Labute approximate surface area is 426 Å². The molecule has 0 amide bonds. The highest BCUT2D eigenvalue weighted by Gasteiger charge is 2.37. The van der Waals surface area contributed by atoms with E-state index in [4.69, 9.17) is 15.0 Å². The van der Waals surface area contributed by atoms with Crippen LogP contribution in [-0.2, 0) is 12.8 Å². The molecule has 0 atom stereocenters. The van der Waals surface area contributed by atoms with E-state index in [-0.39, 0.29) is 0 Å². The van der Waals surface area contributed by atoms with Crippen LogP contribution in [0.1, 0.15) is 122 Å². The summed E-state index contributed by atoms with van der Waals surface area (Å²) in [4.78, 5) is 21.3. The number of hydrogen-bond donors (Lipinski definition) is 0. The van der Waals surface area contributed by atoms with Crippen LogP contribution in [-0.4, -0.2) is 15.0 Å². The van der Waals surface area contributed by atoms with Crippen molar-refractivity contribution in [1.29, 1.82) is 10.5 Å². The maximum absolute atomic E-state index is 10.7. The quantitative estimate of drug-likeness (QED) is 0.170. The molecule has 0 spiro atoms. The molecule has 7 nitrogen and oxygen atoms in total. The number of benzene rings is 7. The van der Waals surface area contributed by atoms with Gasteiger partial charge in [-0.2, -0.15) is 10.5 Å². The predicted octanol–water partition coefficient (Wildman–Crippen LogP) is 16.3. The number of nitriles is 2. The van der Waals surface area contributed by atoms with Crippen molar-refractivity contribution in [2.75, 3.05) is 9.80 Å². The third kappa shape index (κ3) is 7.00. The van der Waals surface area contributed by atoms with Crippen LogP contribution < -0.4 is 9.80 Å². The maximum atomic E-state index is 10.7. The first kappa shape index (κ1) is 47.8. The second kappa shape index (κ2) is 17.5. The first-order valence-corrected chi connectivity index (χ1v) is 25.2. The largest absolute Gasteiger partial charge is 0.309 e. The molecular formula is C65H63N7. The number of aromatic nitrogens is 3. The van der Waals surface area contributed by atoms with Gasteiger partial charge in [-0.15, -0.1) is 0 Å². The van der Waals surface area contributed by atoms with Crippen LogP contribution in [0.2, 0.25) is 0 Å². The summed E-state index contributed by atoms with van der Waals surface area (Å²) in [5.74, 6) is 1.35. The fourth-order valence-corrected chi connectivity index (χ4v) is 11.9. The van der Waals surface area contributed by atoms with Crippen molar-refractivity contribution in [3.05, 3.63) is 189 Å². The lowest BCUT2D eigenvalue weighted by Crippen LogP contribution is -2.25. The van der Waals surface area contributed by atoms with E-state index in [9.17, 15) is 10.5 Å². The van der Waals surface area contributed by atoms with Gasteiger partial charge in [0.1, 0.15) is 0 Å². The summed E-state index contributed by atoms with van der Waals surface area (Å²) in [6, 6.07) is 26.9. The van der Waals surface area contributed by atoms with Gasteiger partial charge in [0, 0.05) is 29.5 Å². The van der Waals surface area contributed by atoms with Gasteiger partial charge in [0.15, 0.2) is 17.5 Å². The molecule has 3 heterocycles. The van der Waals surface area contributed by atoms with E-state index in [0.29, 0.717) is 39.7 Å². The Bertz CT molecular complexity index is 3420. The van der Waals surface area contributed by atoms with Crippen molar-refractivity contribution in [2.24, 2.45) is 0 Å². The molecule has 0 radical (unpaired) electrons. The normalized spacial score (nSPS) is 12.5. The summed E-state index contributed by atoms with van der Waals surface area (Å²) < 4.78 is 0. The summed E-state index contributed by atoms with van der Waals surface area (Å²) in [7, 11) is 0. The van der Waals surface area contributed by atoms with Crippen molar-refractivity contribution < 1.29 is 0 Å². The maximum Gasteiger partial charge on any atom is 0.166 e. The number of nitrogens with zero attached hydrogens (tertiary/aromatic N) is 7. The van der Waals surface area contributed by atoms with Gasteiger partial charge >= 0.3 is 0 Å². The van der Waals surface area contributed by atoms with Gasteiger partial charge in [0.05, 0.1) is 57.4 Å². The molecule has 1 aromatic heterocycles. The fraction of sp³-hybridized carbons (Fsp3) is 0.277. The zero-order valence-electron chi connectivity index (χ0n) is 44.9. The highest BCUT2D eigenvalue weighted by atomic mass is 15.2. The molecule has 2 aliphatic heterocycles. The van der Waals surface area contributed by atoms with Crippen LogP contribution >= 0.6 is 0 Å². The van der Waals surface area contributed by atoms with Crippen LogP contribution in [0.25, 0.3) is 34.2 Å². The van der Waals surface area contributed by atoms with Crippen LogP contribution in [0, 0.1) is 133 Å². The first-order chi connectivity index (χ1) is 34.3. The summed E-state index contributed by atoms with van der Waals surface area (Å²) >= 11 is 0. The van der Waals surface area contributed by atoms with E-state index < -0.39 is 0 Å². The molecule has 0 saturated heterocycles. The van der Waals surface area contributed by atoms with Crippen LogP contribution in [0.5, 0.6) is 0 Å². The number of fused-ring (bicyclic) bond motifs is 4. The van der Waals surface area contributed by atoms with Gasteiger partial charge in [0.25, 0.3) is 0 Å². The Morgan fingerprint density at radius 3 is 0.944 bits per heavy atom. The molecule has 0 unspecified atom stereocenters. The molecule has 72 heavy (non-hydrogen) atoms. The fourth-order valence-electron chi connectivity index (χ4n) is 11.9. The van der Waals surface area contributed by atoms with Crippen molar-refractivity contribution in [1.82, 2.24) is 15.0 Å². The van der Waals surface area contributed by atoms with E-state index in [1.807, 2.05) is 54.6 Å². The van der Waals surface area contributed by atoms with E-state index in [1.165, 1.54) is 111 Å². The van der Waals surface area contributed by atoms with Gasteiger partial charge in [-0.3, -0.25) is 0 Å². The van der Waals surface area contributed by atoms with Gasteiger partial charge < -0.3 is 9.80 Å². The third-order valence-corrected chi connectivity index (χ3v) is 17.6. The summed E-state index contributed by atoms with van der Waals surface area (Å²) in [6.45, 7) is 36.0. The summed E-state index contributed by atoms with van der Waals surface area (Å²) in [6.07, 6.45) is 1.64. The zero-order chi connectivity index (χ0) is 51.5. The topological polar surface area (TPSA) is 92.7 Å². The molecule has 0 saturated carbocycles. The van der Waals surface area contributed by atoms with Gasteiger partial charge in [-0.25, -0.2) is 15.0 Å². The molecule has 0 bridgehead atoms. The SMILES string of the molecule is Cc1c(C)c(C)c2c(c1C)Cc1c(C)c(C)c(C)c(C)c1N2c1ccc(C#N)cc1-c1nc(-c2ccccc2)nc(-c2cc(C#N)ccc2N2c3c(C)c(C)c(C)c(C)c3Cc3c(C)c(C)c(C)c(C)c32)n1. The summed E-state index contributed by atoms with van der Waals surface area (Å²) in [5, 5.41) is 21.4. The molecule has 7 aromatic carbocycles. The Balaban J connectivity index is 1.33. The lowest BCUT2D eigenvalue weighted by molar-refractivity contribution is 0.992. The number of rotatable bonds is 5. The second-order valence-electron chi connectivity index (χ2n) is 20.7. The molecule has 0 fully saturated rings. The Morgan fingerprint density at radius 1 is 0.347 bits per heavy atom. The molecular weight excluding hydrogens is 879 g/mol. The number of hydrogen-bond acceptors (Lipinski definition) is 7. The van der Waals surface area contributed by atoms with E-state index >= 15 is 0 Å². The Morgan fingerprint density at radius 2 is 0.639 bits per heavy atom. The van der Waals surface area contributed by atoms with Gasteiger partial charge in [-0.05, 0) is 258 Å². The van der Waals surface area contributed by atoms with Crippen LogP contribution in [0.3, 0.4) is 0 Å². The Hall–Kier alpha value is -7.87. The van der Waals surface area contributed by atoms with E-state index in [1.54, 1.807) is 0 Å². The van der Waals surface area contributed by atoms with Crippen molar-refractivity contribution >= 4 is 34.1 Å². The van der Waals surface area contributed by atoms with Gasteiger partial charge in [0.2, 0.25) is 0 Å². The van der Waals surface area contributed by atoms with Crippen molar-refractivity contribution in [2.45, 2.75) is 124 Å². The first-order valence-electron chi connectivity index (χ1n) is 25.2. The minimum Gasteiger partial charge on any atom is -0.309 e. The van der Waals surface area contributed by atoms with Crippen molar-refractivity contribution in [3.63, 3.8) is 0 Å². The minimum atomic E-state index is 0.431. The average Bonchev–Trinajstić information content (AvgIpc) is 3.41. The monoisotopic (exact) mass is 942 g/mol. The zero-order valence-corrected chi connectivity index (χ0v) is 44.9. The predicted molar refractivity (Wildman–Crippen MR) is 296 cm³/mol. The van der Waals surface area contributed by atoms with Gasteiger partial charge in [-0.1, -0.05) is 30.3 Å². The number of anilines is 6. The lowest BCUT2D eigenvalue weighted by atomic mass is 9.80. The molecule has 2 aliphatic rings. The molecule has 7 heteroatoms. The highest BCUT2D eigenvalue weighted by molar-refractivity contribution is 5.97. The molecule has 0 N–H and O–H groups in total. The molecule has 358 valence electrons. The average molecular weight is 942 g/mol. The molecule has 10 rings (SSSR count). The van der Waals surface area contributed by atoms with Crippen molar-refractivity contribution in [3.8, 4) is 46.3 Å². The molecule has 8 aromatic rings. The highest BCUT2D eigenvalue weighted by Crippen LogP contribution is 2.55. The smallest absolute Gasteiger partial charge is 0.166 e. The van der Waals surface area contributed by atoms with E-state index in [0.717, 1.165) is 52.5 Å². The summed E-state index contributed by atoms with van der Waals surface area (Å²) in [5.41, 5.74) is 35.2. The van der Waals surface area contributed by atoms with Crippen LogP contribution in [0.15, 0.2) is 66.7 Å². The Kier molecular flexibility index (Phi) is 11.6. The minimum absolute atomic E-state index is 0.431. The standard InChI is InChI=1S/C65H63N7/c1-32-36(5)44(13)59-51(40(32)9)28-52-41(10)33(2)37(6)45(14)60(52)71(59)57-24-22-48(30-66)26-55(57)64-68-63(50-20-18-17-19-21-50)69-65(70-64)56-27-49(31-67)23-25-58(56)72-61-46(15)38(7)34(3)42(11)53(61)29-54-43(12)35(4)39(8)47(16)62(54)72/h17-27H,28-29H2,1-16H3. The molecule has 0 aliphatic carbocycles. The second-order valence-corrected chi connectivity index (χ2v) is 20.7. The van der Waals surface area contributed by atoms with E-state index in [2.05, 4.69) is 145 Å². The third-order valence-electron chi connectivity index (χ3n) is 17.6. The lowest BCUT2D eigenvalue weighted by Gasteiger charge is -2.40.